The summed E-state index contributed by atoms with van der Waals surface area (Å²) in [6.45, 7) is 4.26. The first kappa shape index (κ1) is 23.2. The van der Waals surface area contributed by atoms with Gasteiger partial charge in [0.2, 0.25) is 0 Å². The summed E-state index contributed by atoms with van der Waals surface area (Å²) in [5.74, 6) is -1.76. The molecule has 33 heavy (non-hydrogen) atoms. The van der Waals surface area contributed by atoms with Gasteiger partial charge in [-0.3, -0.25) is 4.90 Å². The lowest BCUT2D eigenvalue weighted by molar-refractivity contribution is -0.141. The van der Waals surface area contributed by atoms with Crippen LogP contribution >= 0.6 is 0 Å². The average Bonchev–Trinajstić information content (AvgIpc) is 2.81. The molecule has 0 bridgehead atoms. The molecule has 174 valence electrons. The molecule has 0 spiro atoms. The first-order valence-electron chi connectivity index (χ1n) is 10.8. The number of pyridine rings is 1. The van der Waals surface area contributed by atoms with E-state index < -0.39 is 23.5 Å². The van der Waals surface area contributed by atoms with Crippen LogP contribution in [-0.2, 0) is 19.1 Å². The van der Waals surface area contributed by atoms with Gasteiger partial charge in [-0.05, 0) is 47.4 Å². The highest BCUT2D eigenvalue weighted by molar-refractivity contribution is 5.49. The second-order valence-corrected chi connectivity index (χ2v) is 8.19. The van der Waals surface area contributed by atoms with Crippen molar-refractivity contribution in [3.63, 3.8) is 0 Å². The van der Waals surface area contributed by atoms with Gasteiger partial charge in [-0.1, -0.05) is 37.3 Å². The second-order valence-electron chi connectivity index (χ2n) is 8.19. The molecule has 2 aromatic carbocycles. The van der Waals surface area contributed by atoms with Crippen LogP contribution in [0.3, 0.4) is 0 Å². The number of piperazine rings is 1. The van der Waals surface area contributed by atoms with E-state index >= 15 is 0 Å². The van der Waals surface area contributed by atoms with Gasteiger partial charge in [-0.25, -0.2) is 13.8 Å². The van der Waals surface area contributed by atoms with E-state index in [0.717, 1.165) is 24.1 Å². The van der Waals surface area contributed by atoms with Crippen molar-refractivity contribution in [3.8, 4) is 0 Å². The minimum absolute atomic E-state index is 0.131. The molecule has 1 aliphatic heterocycles. The molecule has 1 unspecified atom stereocenters. The standard InChI is InChI=1S/C25H24F5N3/c1-2-17-3-6-19(7-4-17)23-16-32(15-18-5-9-21(26)22(27)13-18)11-12-33(23)20-8-10-24(31-14-20)25(28,29)30/h3-10,13-14,23H,2,11-12,15-16H2,1H3. The van der Waals surface area contributed by atoms with Crippen LogP contribution in [0.25, 0.3) is 0 Å². The van der Waals surface area contributed by atoms with E-state index in [9.17, 15) is 22.0 Å². The Bertz CT molecular complexity index is 1080. The number of alkyl halides is 3. The quantitative estimate of drug-likeness (QED) is 0.434. The van der Waals surface area contributed by atoms with Crippen LogP contribution in [0.4, 0.5) is 27.6 Å². The number of anilines is 1. The number of aryl methyl sites for hydroxylation is 1. The Morgan fingerprint density at radius 3 is 2.24 bits per heavy atom. The monoisotopic (exact) mass is 461 g/mol. The fourth-order valence-corrected chi connectivity index (χ4v) is 4.17. The van der Waals surface area contributed by atoms with Crippen LogP contribution in [0, 0.1) is 11.6 Å². The van der Waals surface area contributed by atoms with Crippen LogP contribution < -0.4 is 4.90 Å². The number of aromatic nitrogens is 1. The molecule has 1 atom stereocenters. The summed E-state index contributed by atoms with van der Waals surface area (Å²) in [6, 6.07) is 14.4. The molecular weight excluding hydrogens is 437 g/mol. The molecule has 1 saturated heterocycles. The first-order chi connectivity index (χ1) is 15.7. The lowest BCUT2D eigenvalue weighted by Gasteiger charge is -2.43. The molecule has 0 radical (unpaired) electrons. The number of halogens is 5. The molecule has 8 heteroatoms. The zero-order valence-electron chi connectivity index (χ0n) is 18.1. The van der Waals surface area contributed by atoms with Gasteiger partial charge >= 0.3 is 6.18 Å². The van der Waals surface area contributed by atoms with Crippen molar-refractivity contribution in [1.29, 1.82) is 0 Å². The van der Waals surface area contributed by atoms with Gasteiger partial charge in [-0.15, -0.1) is 0 Å². The average molecular weight is 461 g/mol. The topological polar surface area (TPSA) is 19.4 Å². The van der Waals surface area contributed by atoms with Crippen molar-refractivity contribution in [2.45, 2.75) is 32.1 Å². The van der Waals surface area contributed by atoms with Gasteiger partial charge in [0.15, 0.2) is 11.6 Å². The Morgan fingerprint density at radius 2 is 1.64 bits per heavy atom. The van der Waals surface area contributed by atoms with Gasteiger partial charge in [0, 0.05) is 26.2 Å². The third-order valence-corrected chi connectivity index (χ3v) is 6.00. The van der Waals surface area contributed by atoms with Crippen LogP contribution in [0.1, 0.15) is 35.3 Å². The van der Waals surface area contributed by atoms with Gasteiger partial charge in [-0.2, -0.15) is 13.2 Å². The molecule has 0 amide bonds. The lowest BCUT2D eigenvalue weighted by Crippen LogP contribution is -2.48. The summed E-state index contributed by atoms with van der Waals surface area (Å²) in [5.41, 5.74) is 2.57. The summed E-state index contributed by atoms with van der Waals surface area (Å²) in [5, 5.41) is 0. The Hall–Kier alpha value is -3.00. The molecule has 1 aromatic heterocycles. The lowest BCUT2D eigenvalue weighted by atomic mass is 9.99. The van der Waals surface area contributed by atoms with Gasteiger partial charge in [0.05, 0.1) is 17.9 Å². The molecule has 3 nitrogen and oxygen atoms in total. The van der Waals surface area contributed by atoms with Crippen molar-refractivity contribution in [3.05, 3.63) is 94.8 Å². The number of nitrogens with zero attached hydrogens (tertiary/aromatic N) is 3. The zero-order valence-corrected chi connectivity index (χ0v) is 18.1. The molecule has 0 saturated carbocycles. The highest BCUT2D eigenvalue weighted by Gasteiger charge is 2.33. The normalized spacial score (nSPS) is 17.4. The van der Waals surface area contributed by atoms with Crippen molar-refractivity contribution in [2.24, 2.45) is 0 Å². The van der Waals surface area contributed by atoms with E-state index in [1.807, 2.05) is 24.3 Å². The summed E-state index contributed by atoms with van der Waals surface area (Å²) in [7, 11) is 0. The van der Waals surface area contributed by atoms with E-state index in [1.165, 1.54) is 23.9 Å². The number of hydrogen-bond donors (Lipinski definition) is 0. The Kier molecular flexibility index (Phi) is 6.65. The zero-order chi connectivity index (χ0) is 23.6. The highest BCUT2D eigenvalue weighted by atomic mass is 19.4. The van der Waals surface area contributed by atoms with Crippen molar-refractivity contribution in [1.82, 2.24) is 9.88 Å². The molecule has 1 fully saturated rings. The highest BCUT2D eigenvalue weighted by Crippen LogP contribution is 2.33. The molecule has 0 aliphatic carbocycles. The fourth-order valence-electron chi connectivity index (χ4n) is 4.17. The van der Waals surface area contributed by atoms with E-state index in [0.29, 0.717) is 37.4 Å². The second kappa shape index (κ2) is 9.47. The minimum atomic E-state index is -4.49. The first-order valence-corrected chi connectivity index (χ1v) is 10.8. The molecule has 0 N–H and O–H groups in total. The van der Waals surface area contributed by atoms with Crippen molar-refractivity contribution < 1.29 is 22.0 Å². The number of rotatable bonds is 5. The minimum Gasteiger partial charge on any atom is -0.361 e. The molecule has 4 rings (SSSR count). The van der Waals surface area contributed by atoms with E-state index in [1.54, 1.807) is 6.07 Å². The molecule has 3 aromatic rings. The maximum absolute atomic E-state index is 13.7. The SMILES string of the molecule is CCc1ccc(C2CN(Cc3ccc(F)c(F)c3)CCN2c2ccc(C(F)(F)F)nc2)cc1. The Labute approximate surface area is 189 Å². The summed E-state index contributed by atoms with van der Waals surface area (Å²) in [4.78, 5) is 7.82. The van der Waals surface area contributed by atoms with Crippen LogP contribution in [0.15, 0.2) is 60.8 Å². The Morgan fingerprint density at radius 1 is 0.909 bits per heavy atom. The van der Waals surface area contributed by atoms with Gasteiger partial charge in [0.25, 0.3) is 0 Å². The molecular formula is C25H24F5N3. The maximum atomic E-state index is 13.7. The number of benzene rings is 2. The predicted molar refractivity (Wildman–Crippen MR) is 117 cm³/mol. The maximum Gasteiger partial charge on any atom is 0.433 e. The van der Waals surface area contributed by atoms with Crippen LogP contribution in [-0.4, -0.2) is 29.5 Å². The molecule has 2 heterocycles. The smallest absolute Gasteiger partial charge is 0.361 e. The summed E-state index contributed by atoms with van der Waals surface area (Å²) >= 11 is 0. The van der Waals surface area contributed by atoms with Crippen LogP contribution in [0.5, 0.6) is 0 Å². The summed E-state index contributed by atoms with van der Waals surface area (Å²) in [6.07, 6.45) is -2.32. The predicted octanol–water partition coefficient (Wildman–Crippen LogP) is 6.00. The summed E-state index contributed by atoms with van der Waals surface area (Å²) < 4.78 is 65.8. The van der Waals surface area contributed by atoms with Gasteiger partial charge < -0.3 is 4.90 Å². The molecule has 1 aliphatic rings. The largest absolute Gasteiger partial charge is 0.433 e. The third-order valence-electron chi connectivity index (χ3n) is 6.00. The third kappa shape index (κ3) is 5.33. The number of hydrogen-bond acceptors (Lipinski definition) is 3. The Balaban J connectivity index is 1.60. The van der Waals surface area contributed by atoms with Crippen molar-refractivity contribution in [2.75, 3.05) is 24.5 Å². The van der Waals surface area contributed by atoms with Crippen LogP contribution in [0.2, 0.25) is 0 Å². The fraction of sp³-hybridized carbons (Fsp3) is 0.320. The van der Waals surface area contributed by atoms with E-state index in [4.69, 9.17) is 0 Å². The van der Waals surface area contributed by atoms with Crippen molar-refractivity contribution >= 4 is 5.69 Å². The van der Waals surface area contributed by atoms with E-state index in [2.05, 4.69) is 21.7 Å². The van der Waals surface area contributed by atoms with Gasteiger partial charge in [0.1, 0.15) is 5.69 Å². The van der Waals surface area contributed by atoms with E-state index in [-0.39, 0.29) is 6.04 Å².